The van der Waals surface area contributed by atoms with Crippen LogP contribution in [0.3, 0.4) is 0 Å². The van der Waals surface area contributed by atoms with Gasteiger partial charge in [0.15, 0.2) is 0 Å². The first-order chi connectivity index (χ1) is 10.2. The van der Waals surface area contributed by atoms with E-state index in [2.05, 4.69) is 16.0 Å². The number of rotatable bonds is 7. The molecule has 2 rings (SSSR count). The maximum absolute atomic E-state index is 12.0. The second-order valence-electron chi connectivity index (χ2n) is 4.55. The number of carbonyl (C=O) groups is 2. The minimum Gasteiger partial charge on any atom is -0.383 e. The highest BCUT2D eigenvalue weighted by atomic mass is 32.2. The van der Waals surface area contributed by atoms with Gasteiger partial charge in [-0.05, 0) is 18.2 Å². The van der Waals surface area contributed by atoms with Gasteiger partial charge >= 0.3 is 0 Å². The van der Waals surface area contributed by atoms with Crippen LogP contribution in [0.5, 0.6) is 0 Å². The molecule has 0 saturated carbocycles. The number of methoxy groups -OCH3 is 1. The van der Waals surface area contributed by atoms with Crippen LogP contribution in [0.25, 0.3) is 0 Å². The van der Waals surface area contributed by atoms with Crippen LogP contribution in [-0.4, -0.2) is 50.9 Å². The molecule has 1 aromatic rings. The second kappa shape index (κ2) is 8.02. The van der Waals surface area contributed by atoms with Crippen LogP contribution in [-0.2, 0) is 9.53 Å². The largest absolute Gasteiger partial charge is 0.383 e. The molecular formula is C14H19N3O3S. The molecule has 0 atom stereocenters. The Morgan fingerprint density at radius 3 is 3.05 bits per heavy atom. The molecule has 1 aliphatic rings. The molecule has 0 bridgehead atoms. The molecule has 0 fully saturated rings. The predicted octanol–water partition coefficient (Wildman–Crippen LogP) is 0.697. The van der Waals surface area contributed by atoms with Gasteiger partial charge in [-0.2, -0.15) is 0 Å². The molecule has 0 aromatic heterocycles. The van der Waals surface area contributed by atoms with Crippen molar-refractivity contribution in [2.75, 3.05) is 44.4 Å². The number of anilines is 1. The van der Waals surface area contributed by atoms with Crippen molar-refractivity contribution < 1.29 is 14.3 Å². The smallest absolute Gasteiger partial charge is 0.251 e. The van der Waals surface area contributed by atoms with E-state index in [0.717, 1.165) is 11.4 Å². The average molecular weight is 309 g/mol. The first kappa shape index (κ1) is 15.8. The number of benzene rings is 1. The number of thioether (sulfide) groups is 1. The molecule has 3 N–H and O–H groups in total. The summed E-state index contributed by atoms with van der Waals surface area (Å²) in [6.45, 7) is 2.64. The lowest BCUT2D eigenvalue weighted by atomic mass is 10.2. The molecule has 1 aliphatic heterocycles. The van der Waals surface area contributed by atoms with Crippen molar-refractivity contribution in [2.45, 2.75) is 4.90 Å². The normalized spacial score (nSPS) is 13.5. The Kier molecular flexibility index (Phi) is 6.04. The van der Waals surface area contributed by atoms with E-state index in [9.17, 15) is 9.59 Å². The lowest BCUT2D eigenvalue weighted by Gasteiger charge is -2.17. The van der Waals surface area contributed by atoms with Gasteiger partial charge in [0.2, 0.25) is 5.91 Å². The van der Waals surface area contributed by atoms with Crippen LogP contribution in [0.1, 0.15) is 10.4 Å². The number of ether oxygens (including phenoxy) is 1. The van der Waals surface area contributed by atoms with Gasteiger partial charge in [0, 0.05) is 37.2 Å². The van der Waals surface area contributed by atoms with Crippen LogP contribution < -0.4 is 16.0 Å². The molecule has 0 saturated heterocycles. The Balaban J connectivity index is 1.82. The molecule has 0 radical (unpaired) electrons. The highest BCUT2D eigenvalue weighted by molar-refractivity contribution is 8.00. The first-order valence-electron chi connectivity index (χ1n) is 6.75. The number of amides is 2. The van der Waals surface area contributed by atoms with E-state index < -0.39 is 0 Å². The highest BCUT2D eigenvalue weighted by Crippen LogP contribution is 2.31. The molecule has 1 heterocycles. The van der Waals surface area contributed by atoms with Crippen molar-refractivity contribution in [1.29, 1.82) is 0 Å². The van der Waals surface area contributed by atoms with Gasteiger partial charge in [-0.1, -0.05) is 0 Å². The van der Waals surface area contributed by atoms with E-state index in [0.29, 0.717) is 36.7 Å². The Morgan fingerprint density at radius 1 is 1.38 bits per heavy atom. The van der Waals surface area contributed by atoms with Gasteiger partial charge in [-0.25, -0.2) is 0 Å². The SMILES string of the molecule is COCCNCCNC(=O)c1ccc2c(c1)NC(=O)CS2. The zero-order valence-electron chi connectivity index (χ0n) is 11.9. The van der Waals surface area contributed by atoms with E-state index in [4.69, 9.17) is 4.74 Å². The average Bonchev–Trinajstić information content (AvgIpc) is 2.49. The number of hydrogen-bond donors (Lipinski definition) is 3. The van der Waals surface area contributed by atoms with Gasteiger partial charge in [0.25, 0.3) is 5.91 Å². The lowest BCUT2D eigenvalue weighted by molar-refractivity contribution is -0.113. The van der Waals surface area contributed by atoms with Gasteiger partial charge in [-0.15, -0.1) is 11.8 Å². The standard InChI is InChI=1S/C14H19N3O3S/c1-20-7-6-15-4-5-16-14(19)10-2-3-12-11(8-10)17-13(18)9-21-12/h2-3,8,15H,4-7,9H2,1H3,(H,16,19)(H,17,18). The van der Waals surface area contributed by atoms with Crippen LogP contribution in [0.15, 0.2) is 23.1 Å². The third-order valence-electron chi connectivity index (χ3n) is 2.94. The molecule has 1 aromatic carbocycles. The Labute approximate surface area is 128 Å². The summed E-state index contributed by atoms with van der Waals surface area (Å²) < 4.78 is 4.91. The molecule has 2 amide bonds. The van der Waals surface area contributed by atoms with Crippen molar-refractivity contribution in [3.05, 3.63) is 23.8 Å². The summed E-state index contributed by atoms with van der Waals surface area (Å²) in [4.78, 5) is 24.4. The van der Waals surface area contributed by atoms with E-state index in [1.54, 1.807) is 19.2 Å². The van der Waals surface area contributed by atoms with Gasteiger partial charge in [-0.3, -0.25) is 9.59 Å². The summed E-state index contributed by atoms with van der Waals surface area (Å²) in [5, 5.41) is 8.76. The Hall–Kier alpha value is -1.57. The van der Waals surface area contributed by atoms with E-state index >= 15 is 0 Å². The van der Waals surface area contributed by atoms with E-state index in [1.807, 2.05) is 6.07 Å². The Morgan fingerprint density at radius 2 is 2.24 bits per heavy atom. The predicted molar refractivity (Wildman–Crippen MR) is 82.9 cm³/mol. The molecule has 6 nitrogen and oxygen atoms in total. The third kappa shape index (κ3) is 4.73. The molecule has 7 heteroatoms. The van der Waals surface area contributed by atoms with Crippen molar-refractivity contribution in [2.24, 2.45) is 0 Å². The fraction of sp³-hybridized carbons (Fsp3) is 0.429. The van der Waals surface area contributed by atoms with Gasteiger partial charge in [0.1, 0.15) is 0 Å². The molecule has 0 spiro atoms. The van der Waals surface area contributed by atoms with Gasteiger partial charge < -0.3 is 20.7 Å². The summed E-state index contributed by atoms with van der Waals surface area (Å²) in [5.74, 6) is 0.245. The van der Waals surface area contributed by atoms with E-state index in [-0.39, 0.29) is 11.8 Å². The van der Waals surface area contributed by atoms with Crippen molar-refractivity contribution in [3.63, 3.8) is 0 Å². The van der Waals surface area contributed by atoms with Crippen molar-refractivity contribution >= 4 is 29.3 Å². The fourth-order valence-corrected chi connectivity index (χ4v) is 2.68. The molecule has 0 unspecified atom stereocenters. The maximum Gasteiger partial charge on any atom is 0.251 e. The first-order valence-corrected chi connectivity index (χ1v) is 7.74. The lowest BCUT2D eigenvalue weighted by Crippen LogP contribution is -2.33. The highest BCUT2D eigenvalue weighted by Gasteiger charge is 2.17. The van der Waals surface area contributed by atoms with Crippen LogP contribution in [0.4, 0.5) is 5.69 Å². The summed E-state index contributed by atoms with van der Waals surface area (Å²) >= 11 is 1.48. The fourth-order valence-electron chi connectivity index (χ4n) is 1.89. The van der Waals surface area contributed by atoms with Crippen LogP contribution >= 0.6 is 11.8 Å². The molecule has 114 valence electrons. The zero-order chi connectivity index (χ0) is 15.1. The summed E-state index contributed by atoms with van der Waals surface area (Å²) in [6.07, 6.45) is 0. The minimum atomic E-state index is -0.142. The van der Waals surface area contributed by atoms with Crippen LogP contribution in [0.2, 0.25) is 0 Å². The third-order valence-corrected chi connectivity index (χ3v) is 4.02. The minimum absolute atomic E-state index is 0.0348. The maximum atomic E-state index is 12.0. The second-order valence-corrected chi connectivity index (χ2v) is 5.56. The number of nitrogens with one attached hydrogen (secondary N) is 3. The van der Waals surface area contributed by atoms with Gasteiger partial charge in [0.05, 0.1) is 18.0 Å². The molecular weight excluding hydrogens is 290 g/mol. The monoisotopic (exact) mass is 309 g/mol. The molecule has 0 aliphatic carbocycles. The number of fused-ring (bicyclic) bond motifs is 1. The molecule has 21 heavy (non-hydrogen) atoms. The zero-order valence-corrected chi connectivity index (χ0v) is 12.7. The Bertz CT molecular complexity index is 522. The summed E-state index contributed by atoms with van der Waals surface area (Å²) in [7, 11) is 1.65. The topological polar surface area (TPSA) is 79.5 Å². The van der Waals surface area contributed by atoms with E-state index in [1.165, 1.54) is 11.8 Å². The van der Waals surface area contributed by atoms with Crippen LogP contribution in [0, 0.1) is 0 Å². The van der Waals surface area contributed by atoms with Crippen molar-refractivity contribution in [3.8, 4) is 0 Å². The summed E-state index contributed by atoms with van der Waals surface area (Å²) in [6, 6.07) is 5.36. The quantitative estimate of drug-likeness (QED) is 0.646. The number of hydrogen-bond acceptors (Lipinski definition) is 5. The van der Waals surface area contributed by atoms with Crippen molar-refractivity contribution in [1.82, 2.24) is 10.6 Å². The number of carbonyl (C=O) groups excluding carboxylic acids is 2. The summed E-state index contributed by atoms with van der Waals surface area (Å²) in [5.41, 5.74) is 1.26.